The number of likely N-dealkylation sites (tertiary alicyclic amines) is 1. The molecule has 1 spiro atoms. The topological polar surface area (TPSA) is 38.8 Å². The molecule has 4 nitrogen and oxygen atoms in total. The van der Waals surface area contributed by atoms with E-state index in [9.17, 15) is 4.79 Å². The van der Waals surface area contributed by atoms with Crippen LogP contribution in [0.25, 0.3) is 0 Å². The van der Waals surface area contributed by atoms with Gasteiger partial charge < -0.3 is 9.47 Å². The van der Waals surface area contributed by atoms with Gasteiger partial charge in [-0.25, -0.2) is 0 Å². The van der Waals surface area contributed by atoms with Crippen molar-refractivity contribution in [2.75, 3.05) is 26.8 Å². The highest BCUT2D eigenvalue weighted by Crippen LogP contribution is 2.40. The third kappa shape index (κ3) is 2.86. The van der Waals surface area contributed by atoms with Crippen molar-refractivity contribution in [3.63, 3.8) is 0 Å². The second-order valence-corrected chi connectivity index (χ2v) is 6.74. The highest BCUT2D eigenvalue weighted by Gasteiger charge is 2.42. The quantitative estimate of drug-likeness (QED) is 0.728. The summed E-state index contributed by atoms with van der Waals surface area (Å²) in [4.78, 5) is 14.2. The molecule has 3 aliphatic rings. The molecule has 0 aromatic heterocycles. The van der Waals surface area contributed by atoms with Crippen LogP contribution in [0.1, 0.15) is 51.4 Å². The van der Waals surface area contributed by atoms with Crippen molar-refractivity contribution in [1.29, 1.82) is 0 Å². The van der Waals surface area contributed by atoms with Gasteiger partial charge in [-0.15, -0.1) is 0 Å². The summed E-state index contributed by atoms with van der Waals surface area (Å²) in [5.74, 6) is 0.0529. The van der Waals surface area contributed by atoms with Crippen LogP contribution in [0.3, 0.4) is 0 Å². The molecule has 0 radical (unpaired) electrons. The van der Waals surface area contributed by atoms with Gasteiger partial charge >= 0.3 is 5.97 Å². The fourth-order valence-electron chi connectivity index (χ4n) is 4.34. The number of carbonyl (C=O) groups is 1. The molecule has 0 aromatic rings. The van der Waals surface area contributed by atoms with Crippen LogP contribution in [0.4, 0.5) is 0 Å². The summed E-state index contributed by atoms with van der Waals surface area (Å²) < 4.78 is 11.1. The first-order valence-corrected chi connectivity index (χ1v) is 8.18. The lowest BCUT2D eigenvalue weighted by molar-refractivity contribution is -0.145. The average Bonchev–Trinajstić information content (AvgIpc) is 2.97. The number of ether oxygens (including phenoxy) is 2. The molecular formula is C16H27NO3. The Morgan fingerprint density at radius 1 is 1.25 bits per heavy atom. The maximum Gasteiger partial charge on any atom is 0.310 e. The van der Waals surface area contributed by atoms with E-state index in [2.05, 4.69) is 4.90 Å². The van der Waals surface area contributed by atoms with Gasteiger partial charge in [-0.1, -0.05) is 19.3 Å². The predicted molar refractivity (Wildman–Crippen MR) is 76.5 cm³/mol. The molecule has 2 heterocycles. The SMILES string of the molecule is COC(=O)C1CCN(C2CCOC3(CCCCC3)C2)C1. The zero-order chi connectivity index (χ0) is 14.0. The Morgan fingerprint density at radius 2 is 2.05 bits per heavy atom. The lowest BCUT2D eigenvalue weighted by atomic mass is 9.78. The summed E-state index contributed by atoms with van der Waals surface area (Å²) in [7, 11) is 1.50. The first kappa shape index (κ1) is 14.3. The Labute approximate surface area is 121 Å². The van der Waals surface area contributed by atoms with E-state index in [0.29, 0.717) is 6.04 Å². The van der Waals surface area contributed by atoms with Crippen molar-refractivity contribution in [2.45, 2.75) is 63.0 Å². The molecule has 3 rings (SSSR count). The van der Waals surface area contributed by atoms with Crippen LogP contribution in [-0.4, -0.2) is 49.3 Å². The summed E-state index contributed by atoms with van der Waals surface area (Å²) in [5, 5.41) is 0. The number of rotatable bonds is 2. The second kappa shape index (κ2) is 6.02. The molecule has 2 aliphatic heterocycles. The van der Waals surface area contributed by atoms with E-state index in [1.807, 2.05) is 0 Å². The molecule has 0 aromatic carbocycles. The van der Waals surface area contributed by atoms with Crippen LogP contribution >= 0.6 is 0 Å². The largest absolute Gasteiger partial charge is 0.469 e. The Balaban J connectivity index is 1.59. The summed E-state index contributed by atoms with van der Waals surface area (Å²) >= 11 is 0. The van der Waals surface area contributed by atoms with Crippen molar-refractivity contribution in [1.82, 2.24) is 4.90 Å². The third-order valence-electron chi connectivity index (χ3n) is 5.50. The average molecular weight is 281 g/mol. The first-order valence-electron chi connectivity index (χ1n) is 8.18. The monoisotopic (exact) mass is 281 g/mol. The molecule has 20 heavy (non-hydrogen) atoms. The Morgan fingerprint density at radius 3 is 2.80 bits per heavy atom. The van der Waals surface area contributed by atoms with Crippen molar-refractivity contribution in [3.8, 4) is 0 Å². The summed E-state index contributed by atoms with van der Waals surface area (Å²) in [5.41, 5.74) is 0.157. The summed E-state index contributed by atoms with van der Waals surface area (Å²) in [6.07, 6.45) is 9.71. The number of hydrogen-bond acceptors (Lipinski definition) is 4. The Kier molecular flexibility index (Phi) is 4.32. The fourth-order valence-corrected chi connectivity index (χ4v) is 4.34. The molecule has 3 fully saturated rings. The lowest BCUT2D eigenvalue weighted by Crippen LogP contribution is -2.49. The number of hydrogen-bond donors (Lipinski definition) is 0. The zero-order valence-electron chi connectivity index (χ0n) is 12.6. The third-order valence-corrected chi connectivity index (χ3v) is 5.50. The van der Waals surface area contributed by atoms with Crippen LogP contribution in [-0.2, 0) is 14.3 Å². The minimum absolute atomic E-state index is 0.0352. The van der Waals surface area contributed by atoms with Crippen LogP contribution in [0.15, 0.2) is 0 Å². The summed E-state index contributed by atoms with van der Waals surface area (Å²) in [6.45, 7) is 2.82. The molecule has 4 heteroatoms. The molecular weight excluding hydrogens is 254 g/mol. The van der Waals surface area contributed by atoms with Crippen molar-refractivity contribution >= 4 is 5.97 Å². The van der Waals surface area contributed by atoms with Crippen LogP contribution in [0.2, 0.25) is 0 Å². The van der Waals surface area contributed by atoms with E-state index in [0.717, 1.165) is 32.5 Å². The van der Waals surface area contributed by atoms with E-state index >= 15 is 0 Å². The maximum absolute atomic E-state index is 11.7. The van der Waals surface area contributed by atoms with Gasteiger partial charge in [0.2, 0.25) is 0 Å². The van der Waals surface area contributed by atoms with Crippen LogP contribution in [0.5, 0.6) is 0 Å². The minimum atomic E-state index is -0.0352. The van der Waals surface area contributed by atoms with Gasteiger partial charge in [0.1, 0.15) is 0 Å². The smallest absolute Gasteiger partial charge is 0.310 e. The zero-order valence-corrected chi connectivity index (χ0v) is 12.6. The fraction of sp³-hybridized carbons (Fsp3) is 0.938. The van der Waals surface area contributed by atoms with Crippen LogP contribution < -0.4 is 0 Å². The molecule has 2 saturated heterocycles. The standard InChI is InChI=1S/C16H27NO3/c1-19-15(18)13-5-9-17(12-13)14-6-10-20-16(11-14)7-3-2-4-8-16/h13-14H,2-12H2,1H3. The predicted octanol–water partition coefficient (Wildman–Crippen LogP) is 2.36. The van der Waals surface area contributed by atoms with Gasteiger partial charge in [0.05, 0.1) is 18.6 Å². The molecule has 1 aliphatic carbocycles. The van der Waals surface area contributed by atoms with Crippen molar-refractivity contribution in [2.24, 2.45) is 5.92 Å². The highest BCUT2D eigenvalue weighted by atomic mass is 16.5. The Hall–Kier alpha value is -0.610. The number of nitrogens with zero attached hydrogens (tertiary/aromatic N) is 1. The molecule has 1 saturated carbocycles. The molecule has 2 atom stereocenters. The molecule has 114 valence electrons. The van der Waals surface area contributed by atoms with Gasteiger partial charge in [-0.2, -0.15) is 0 Å². The van der Waals surface area contributed by atoms with E-state index in [1.54, 1.807) is 0 Å². The first-order chi connectivity index (χ1) is 9.72. The van der Waals surface area contributed by atoms with E-state index in [4.69, 9.17) is 9.47 Å². The normalized spacial score (nSPS) is 34.2. The van der Waals surface area contributed by atoms with Gasteiger partial charge in [0, 0.05) is 19.2 Å². The number of methoxy groups -OCH3 is 1. The lowest BCUT2D eigenvalue weighted by Gasteiger charge is -2.46. The van der Waals surface area contributed by atoms with E-state index < -0.39 is 0 Å². The minimum Gasteiger partial charge on any atom is -0.469 e. The van der Waals surface area contributed by atoms with Crippen molar-refractivity contribution < 1.29 is 14.3 Å². The van der Waals surface area contributed by atoms with Gasteiger partial charge in [0.15, 0.2) is 0 Å². The van der Waals surface area contributed by atoms with Gasteiger partial charge in [0.25, 0.3) is 0 Å². The Bertz CT molecular complexity index is 346. The van der Waals surface area contributed by atoms with E-state index in [1.165, 1.54) is 45.6 Å². The molecule has 0 N–H and O–H groups in total. The van der Waals surface area contributed by atoms with Crippen molar-refractivity contribution in [3.05, 3.63) is 0 Å². The van der Waals surface area contributed by atoms with E-state index in [-0.39, 0.29) is 17.5 Å². The van der Waals surface area contributed by atoms with Crippen LogP contribution in [0, 0.1) is 5.92 Å². The molecule has 0 amide bonds. The maximum atomic E-state index is 11.7. The highest BCUT2D eigenvalue weighted by molar-refractivity contribution is 5.72. The number of carbonyl (C=O) groups excluding carboxylic acids is 1. The second-order valence-electron chi connectivity index (χ2n) is 6.74. The number of esters is 1. The van der Waals surface area contributed by atoms with Gasteiger partial charge in [-0.05, 0) is 38.6 Å². The molecule has 2 unspecified atom stereocenters. The van der Waals surface area contributed by atoms with Gasteiger partial charge in [-0.3, -0.25) is 9.69 Å². The molecule has 0 bridgehead atoms. The summed E-state index contributed by atoms with van der Waals surface area (Å²) in [6, 6.07) is 0.608.